The minimum atomic E-state index is -0.652. The van der Waals surface area contributed by atoms with E-state index in [-0.39, 0.29) is 30.2 Å². The van der Waals surface area contributed by atoms with Crippen molar-refractivity contribution in [1.82, 2.24) is 19.8 Å². The van der Waals surface area contributed by atoms with E-state index in [4.69, 9.17) is 30.5 Å². The molecule has 0 amide bonds. The van der Waals surface area contributed by atoms with Crippen molar-refractivity contribution in [2.24, 2.45) is 0 Å². The minimum absolute atomic E-state index is 0.226. The molecule has 4 saturated heterocycles. The van der Waals surface area contributed by atoms with Gasteiger partial charge in [-0.1, -0.05) is 11.6 Å². The van der Waals surface area contributed by atoms with Gasteiger partial charge in [0.2, 0.25) is 11.8 Å². The lowest BCUT2D eigenvalue weighted by molar-refractivity contribution is 0.00782. The van der Waals surface area contributed by atoms with Crippen LogP contribution in [0, 0.1) is 0 Å². The summed E-state index contributed by atoms with van der Waals surface area (Å²) < 4.78 is 23.0. The maximum absolute atomic E-state index is 9.99. The van der Waals surface area contributed by atoms with Gasteiger partial charge in [0.1, 0.15) is 29.1 Å². The molecule has 0 radical (unpaired) electrons. The van der Waals surface area contributed by atoms with Crippen molar-refractivity contribution in [2.75, 3.05) is 76.9 Å². The number of hydrogen-bond acceptors (Lipinski definition) is 11. The van der Waals surface area contributed by atoms with E-state index in [0.29, 0.717) is 17.7 Å². The molecule has 1 aromatic carbocycles. The zero-order valence-corrected chi connectivity index (χ0v) is 23.2. The first-order valence-electron chi connectivity index (χ1n) is 13.7. The minimum Gasteiger partial charge on any atom is -0.494 e. The lowest BCUT2D eigenvalue weighted by atomic mass is 10.0. The van der Waals surface area contributed by atoms with E-state index < -0.39 is 18.3 Å². The largest absolute Gasteiger partial charge is 0.494 e. The third kappa shape index (κ3) is 5.75. The van der Waals surface area contributed by atoms with E-state index in [9.17, 15) is 5.11 Å². The van der Waals surface area contributed by atoms with E-state index in [0.717, 1.165) is 37.6 Å². The lowest BCUT2D eigenvalue weighted by Gasteiger charge is -2.42. The predicted molar refractivity (Wildman–Crippen MR) is 148 cm³/mol. The highest BCUT2D eigenvalue weighted by Gasteiger charge is 2.48. The van der Waals surface area contributed by atoms with Gasteiger partial charge in [0.15, 0.2) is 6.10 Å². The number of halogens is 1. The van der Waals surface area contributed by atoms with Crippen molar-refractivity contribution in [3.05, 3.63) is 29.4 Å². The van der Waals surface area contributed by atoms with Crippen LogP contribution in [0.4, 0.5) is 17.3 Å². The Morgan fingerprint density at radius 1 is 1.05 bits per heavy atom. The second-order valence-corrected chi connectivity index (χ2v) is 11.1. The van der Waals surface area contributed by atoms with E-state index in [1.165, 1.54) is 32.1 Å². The van der Waals surface area contributed by atoms with Crippen molar-refractivity contribution in [2.45, 2.75) is 43.3 Å². The summed E-state index contributed by atoms with van der Waals surface area (Å²) in [7, 11) is 3.86. The molecule has 4 aliphatic rings. The molecule has 1 aromatic heterocycles. The molecule has 39 heavy (non-hydrogen) atoms. The van der Waals surface area contributed by atoms with Gasteiger partial charge < -0.3 is 39.2 Å². The number of aliphatic hydroxyl groups excluding tert-OH is 1. The number of piperazine rings is 1. The molecule has 212 valence electrons. The standard InChI is InChI=1S/C27H37ClN6O5/c1-32-9-11-34(12-10-32)17-5-7-33(8-6-17)18-3-4-20(22(13-18)36-2)30-27-29-14-19(28)26(31-27)39-23-16-38-24-21(35)15-37-25(23)24/h3-4,13-14,17,21,23-25,35H,5-12,15-16H2,1-2H3,(H,29,30,31)/t21-,23+,24-,25-/m1/s1. The van der Waals surface area contributed by atoms with Gasteiger partial charge in [0.25, 0.3) is 0 Å². The van der Waals surface area contributed by atoms with Crippen LogP contribution in [0.1, 0.15) is 12.8 Å². The molecule has 11 nitrogen and oxygen atoms in total. The van der Waals surface area contributed by atoms with Gasteiger partial charge >= 0.3 is 0 Å². The Labute approximate surface area is 233 Å². The van der Waals surface area contributed by atoms with Crippen LogP contribution >= 0.6 is 11.6 Å². The van der Waals surface area contributed by atoms with Crippen molar-refractivity contribution in [1.29, 1.82) is 0 Å². The number of nitrogens with one attached hydrogen (secondary N) is 1. The van der Waals surface area contributed by atoms with E-state index in [1.807, 2.05) is 6.07 Å². The number of piperidine rings is 1. The molecular formula is C27H37ClN6O5. The fourth-order valence-corrected chi connectivity index (χ4v) is 6.09. The van der Waals surface area contributed by atoms with Gasteiger partial charge in [-0.25, -0.2) is 4.98 Å². The van der Waals surface area contributed by atoms with Crippen molar-refractivity contribution in [3.63, 3.8) is 0 Å². The summed E-state index contributed by atoms with van der Waals surface area (Å²) in [6.07, 6.45) is 2.02. The average Bonchev–Trinajstić information content (AvgIpc) is 3.54. The molecule has 0 bridgehead atoms. The number of aromatic nitrogens is 2. The number of aliphatic hydroxyl groups is 1. The molecule has 12 heteroatoms. The summed E-state index contributed by atoms with van der Waals surface area (Å²) in [6, 6.07) is 6.82. The fourth-order valence-electron chi connectivity index (χ4n) is 5.96. The summed E-state index contributed by atoms with van der Waals surface area (Å²) in [6.45, 7) is 7.23. The van der Waals surface area contributed by atoms with Crippen molar-refractivity contribution < 1.29 is 24.1 Å². The molecule has 5 heterocycles. The van der Waals surface area contributed by atoms with Crippen LogP contribution in [0.3, 0.4) is 0 Å². The Morgan fingerprint density at radius 2 is 1.82 bits per heavy atom. The Bertz CT molecular complexity index is 1140. The molecule has 4 fully saturated rings. The van der Waals surface area contributed by atoms with Crippen molar-refractivity contribution >= 4 is 28.9 Å². The molecule has 0 spiro atoms. The van der Waals surface area contributed by atoms with E-state index >= 15 is 0 Å². The van der Waals surface area contributed by atoms with Crippen LogP contribution in [0.25, 0.3) is 0 Å². The fraction of sp³-hybridized carbons (Fsp3) is 0.630. The molecular weight excluding hydrogens is 524 g/mol. The summed E-state index contributed by atoms with van der Waals surface area (Å²) in [5, 5.41) is 13.5. The van der Waals surface area contributed by atoms with Gasteiger partial charge in [-0.05, 0) is 32.0 Å². The third-order valence-corrected chi connectivity index (χ3v) is 8.53. The first kappa shape index (κ1) is 26.8. The van der Waals surface area contributed by atoms with Gasteiger partial charge in [-0.15, -0.1) is 0 Å². The normalized spacial score (nSPS) is 28.5. The molecule has 4 aliphatic heterocycles. The molecule has 4 atom stereocenters. The second kappa shape index (κ2) is 11.6. The zero-order chi connectivity index (χ0) is 26.9. The van der Waals surface area contributed by atoms with Crippen LogP contribution in [0.5, 0.6) is 11.6 Å². The van der Waals surface area contributed by atoms with Crippen LogP contribution in [0.2, 0.25) is 5.02 Å². The quantitative estimate of drug-likeness (QED) is 0.519. The van der Waals surface area contributed by atoms with Crippen LogP contribution in [-0.4, -0.2) is 122 Å². The SMILES string of the molecule is COc1cc(N2CCC(N3CCN(C)CC3)CC2)ccc1Nc1ncc(Cl)c(O[C@H]2CO[C@H]3[C@@H]2OC[C@H]3O)n1. The predicted octanol–water partition coefficient (Wildman–Crippen LogP) is 2.00. The van der Waals surface area contributed by atoms with Gasteiger partial charge in [0, 0.05) is 57.1 Å². The first-order valence-corrected chi connectivity index (χ1v) is 14.1. The lowest BCUT2D eigenvalue weighted by Crippen LogP contribution is -2.52. The van der Waals surface area contributed by atoms with Crippen LogP contribution in [-0.2, 0) is 9.47 Å². The number of rotatable bonds is 7. The highest BCUT2D eigenvalue weighted by Crippen LogP contribution is 2.35. The Morgan fingerprint density at radius 3 is 2.59 bits per heavy atom. The molecule has 0 aliphatic carbocycles. The maximum Gasteiger partial charge on any atom is 0.237 e. The molecule has 0 unspecified atom stereocenters. The highest BCUT2D eigenvalue weighted by molar-refractivity contribution is 6.31. The summed E-state index contributed by atoms with van der Waals surface area (Å²) >= 11 is 6.34. The van der Waals surface area contributed by atoms with Crippen LogP contribution in [0.15, 0.2) is 24.4 Å². The third-order valence-electron chi connectivity index (χ3n) is 8.27. The Kier molecular flexibility index (Phi) is 7.97. The number of anilines is 3. The number of nitrogens with zero attached hydrogens (tertiary/aromatic N) is 5. The molecule has 0 saturated carbocycles. The first-order chi connectivity index (χ1) is 19.0. The summed E-state index contributed by atoms with van der Waals surface area (Å²) in [5.41, 5.74) is 1.89. The number of benzene rings is 1. The van der Waals surface area contributed by atoms with Crippen molar-refractivity contribution in [3.8, 4) is 11.6 Å². The topological polar surface area (TPSA) is 105 Å². The average molecular weight is 561 g/mol. The smallest absolute Gasteiger partial charge is 0.237 e. The number of hydrogen-bond donors (Lipinski definition) is 2. The second-order valence-electron chi connectivity index (χ2n) is 10.7. The van der Waals surface area contributed by atoms with E-state index in [1.54, 1.807) is 7.11 Å². The molecule has 2 N–H and O–H groups in total. The maximum atomic E-state index is 9.99. The summed E-state index contributed by atoms with van der Waals surface area (Å²) in [4.78, 5) is 16.3. The molecule has 2 aromatic rings. The Hall–Kier alpha value is -2.41. The number of ether oxygens (including phenoxy) is 4. The Balaban J connectivity index is 1.09. The number of fused-ring (bicyclic) bond motifs is 1. The zero-order valence-electron chi connectivity index (χ0n) is 22.5. The van der Waals surface area contributed by atoms with Gasteiger partial charge in [0.05, 0.1) is 32.2 Å². The van der Waals surface area contributed by atoms with E-state index in [2.05, 4.69) is 49.2 Å². The van der Waals surface area contributed by atoms with Crippen LogP contribution < -0.4 is 19.7 Å². The van der Waals surface area contributed by atoms with Gasteiger partial charge in [-0.2, -0.15) is 4.98 Å². The highest BCUT2D eigenvalue weighted by atomic mass is 35.5. The summed E-state index contributed by atoms with van der Waals surface area (Å²) in [5.74, 6) is 1.26. The monoisotopic (exact) mass is 560 g/mol. The van der Waals surface area contributed by atoms with Gasteiger partial charge in [-0.3, -0.25) is 4.90 Å². The number of methoxy groups -OCH3 is 1. The number of likely N-dealkylation sites (N-methyl/N-ethyl adjacent to an activating group) is 1. The molecule has 6 rings (SSSR count).